The lowest BCUT2D eigenvalue weighted by molar-refractivity contribution is -0.172. The second kappa shape index (κ2) is 17.0. The minimum Gasteiger partial charge on any atom is -0.479 e. The van der Waals surface area contributed by atoms with Crippen LogP contribution in [-0.4, -0.2) is 114 Å². The van der Waals surface area contributed by atoms with E-state index in [1.165, 1.54) is 30.8 Å². The first kappa shape index (κ1) is 38.6. The zero-order valence-corrected chi connectivity index (χ0v) is 29.3. The topological polar surface area (TPSA) is 163 Å². The van der Waals surface area contributed by atoms with E-state index >= 15 is 0 Å². The highest BCUT2D eigenvalue weighted by molar-refractivity contribution is 5.90. The fraction of sp³-hybridized carbons (Fsp3) is 0.686. The van der Waals surface area contributed by atoms with E-state index in [0.29, 0.717) is 25.1 Å². The molecule has 13 heteroatoms. The third kappa shape index (κ3) is 11.7. The Kier molecular flexibility index (Phi) is 13.7. The number of likely N-dealkylation sites (N-methyl/N-ethyl adjacent to an activating group) is 3. The van der Waals surface area contributed by atoms with Crippen LogP contribution in [0.5, 0.6) is 0 Å². The number of aliphatic hydroxyl groups is 1. The second-order valence-corrected chi connectivity index (χ2v) is 13.9. The number of esters is 2. The summed E-state index contributed by atoms with van der Waals surface area (Å²) >= 11 is 0. The number of anilines is 1. The van der Waals surface area contributed by atoms with Gasteiger partial charge >= 0.3 is 24.0 Å². The van der Waals surface area contributed by atoms with E-state index in [1.807, 2.05) is 36.1 Å². The summed E-state index contributed by atoms with van der Waals surface area (Å²) in [6.07, 6.45) is 0.707. The Bertz CT molecular complexity index is 1270. The van der Waals surface area contributed by atoms with Crippen molar-refractivity contribution in [2.24, 2.45) is 11.8 Å². The first-order valence-corrected chi connectivity index (χ1v) is 16.9. The van der Waals surface area contributed by atoms with E-state index < -0.39 is 59.8 Å². The van der Waals surface area contributed by atoms with Crippen LogP contribution in [0.3, 0.4) is 0 Å². The number of rotatable bonds is 18. The van der Waals surface area contributed by atoms with Crippen molar-refractivity contribution in [2.75, 3.05) is 38.7 Å². The first-order valence-electron chi connectivity index (χ1n) is 16.9. The molecule has 2 amide bonds. The molecular formula is C35H53N3O10. The van der Waals surface area contributed by atoms with E-state index in [0.717, 1.165) is 31.4 Å². The maximum Gasteiger partial charge on any atom is 0.410 e. The minimum absolute atomic E-state index is 0.01000. The molecule has 0 aliphatic heterocycles. The molecule has 2 aliphatic carbocycles. The molecule has 2 fully saturated rings. The average Bonchev–Trinajstić information content (AvgIpc) is 3.96. The molecule has 48 heavy (non-hydrogen) atoms. The van der Waals surface area contributed by atoms with Crippen molar-refractivity contribution in [2.45, 2.75) is 109 Å². The summed E-state index contributed by atoms with van der Waals surface area (Å²) in [6.45, 7) is 9.52. The van der Waals surface area contributed by atoms with E-state index in [9.17, 15) is 34.2 Å². The van der Waals surface area contributed by atoms with Gasteiger partial charge in [0.05, 0.1) is 6.61 Å². The molecule has 2 saturated carbocycles. The van der Waals surface area contributed by atoms with Gasteiger partial charge in [0.1, 0.15) is 17.7 Å². The van der Waals surface area contributed by atoms with Gasteiger partial charge in [0.25, 0.3) is 5.91 Å². The first-order chi connectivity index (χ1) is 22.5. The standard InChI is InChI=1S/C35H53N3O10/c1-8-38(17-18-39)26-15-13-25(14-16-26)21-29(30(40)36(6)27(19-23-9-10-23)32(43)46-22(2)31(41)42)47-33(44)28(20-24-11-12-24)37(7)34(45)48-35(3,4)5/h13-16,22-24,27-29,39H,8-12,17-21H2,1-7H3,(H,41,42)/t22-,27+,28+,29-/m1/s1. The summed E-state index contributed by atoms with van der Waals surface area (Å²) in [5, 5.41) is 18.7. The van der Waals surface area contributed by atoms with Crippen molar-refractivity contribution in [1.82, 2.24) is 9.80 Å². The van der Waals surface area contributed by atoms with Crippen molar-refractivity contribution in [3.63, 3.8) is 0 Å². The molecule has 268 valence electrons. The Balaban J connectivity index is 1.91. The number of aliphatic hydroxyl groups excluding tert-OH is 1. The van der Waals surface area contributed by atoms with Crippen LogP contribution in [0.25, 0.3) is 0 Å². The smallest absolute Gasteiger partial charge is 0.410 e. The van der Waals surface area contributed by atoms with Crippen LogP contribution in [0.1, 0.15) is 78.7 Å². The zero-order chi connectivity index (χ0) is 35.8. The second-order valence-electron chi connectivity index (χ2n) is 13.9. The molecule has 0 aromatic heterocycles. The molecule has 1 aromatic carbocycles. The molecule has 0 saturated heterocycles. The number of benzene rings is 1. The van der Waals surface area contributed by atoms with Gasteiger partial charge in [0.15, 0.2) is 12.2 Å². The Morgan fingerprint density at radius 2 is 1.40 bits per heavy atom. The number of nitrogens with zero attached hydrogens (tertiary/aromatic N) is 3. The van der Waals surface area contributed by atoms with Crippen molar-refractivity contribution < 1.29 is 48.4 Å². The minimum atomic E-state index is -1.41. The van der Waals surface area contributed by atoms with E-state index in [1.54, 1.807) is 20.8 Å². The van der Waals surface area contributed by atoms with E-state index in [2.05, 4.69) is 0 Å². The zero-order valence-electron chi connectivity index (χ0n) is 29.3. The summed E-state index contributed by atoms with van der Waals surface area (Å²) in [6, 6.07) is 5.24. The van der Waals surface area contributed by atoms with Crippen molar-refractivity contribution in [3.8, 4) is 0 Å². The number of carbonyl (C=O) groups excluding carboxylic acids is 4. The molecule has 3 rings (SSSR count). The summed E-state index contributed by atoms with van der Waals surface area (Å²) < 4.78 is 16.7. The molecule has 0 bridgehead atoms. The lowest BCUT2D eigenvalue weighted by atomic mass is 10.0. The number of carboxylic acid groups (broad SMARTS) is 1. The summed E-state index contributed by atoms with van der Waals surface area (Å²) in [5.74, 6) is -3.17. The number of amides is 2. The van der Waals surface area contributed by atoms with Crippen LogP contribution in [-0.2, 0) is 39.8 Å². The largest absolute Gasteiger partial charge is 0.479 e. The van der Waals surface area contributed by atoms with Crippen molar-refractivity contribution >= 4 is 35.6 Å². The van der Waals surface area contributed by atoms with Crippen LogP contribution >= 0.6 is 0 Å². The fourth-order valence-corrected chi connectivity index (χ4v) is 5.35. The number of carboxylic acids is 1. The predicted octanol–water partition coefficient (Wildman–Crippen LogP) is 3.64. The molecule has 0 spiro atoms. The lowest BCUT2D eigenvalue weighted by Gasteiger charge is -2.33. The van der Waals surface area contributed by atoms with E-state index in [-0.39, 0.29) is 31.3 Å². The highest BCUT2D eigenvalue weighted by Crippen LogP contribution is 2.36. The number of ether oxygens (including phenoxy) is 3. The SMILES string of the molecule is CCN(CCO)c1ccc(C[C@@H](OC(=O)[C@H](CC2CC2)N(C)C(=O)OC(C)(C)C)C(=O)N(C)[C@@H](CC2CC2)C(=O)O[C@H](C)C(=O)O)cc1. The van der Waals surface area contributed by atoms with Gasteiger partial charge in [0.2, 0.25) is 0 Å². The van der Waals surface area contributed by atoms with Crippen LogP contribution in [0.2, 0.25) is 0 Å². The van der Waals surface area contributed by atoms with Crippen LogP contribution in [0.15, 0.2) is 24.3 Å². The van der Waals surface area contributed by atoms with Gasteiger partial charge < -0.3 is 34.2 Å². The summed E-state index contributed by atoms with van der Waals surface area (Å²) in [4.78, 5) is 70.1. The van der Waals surface area contributed by atoms with Crippen LogP contribution in [0, 0.1) is 11.8 Å². The molecule has 0 heterocycles. The Hall–Kier alpha value is -3.87. The average molecular weight is 676 g/mol. The third-order valence-corrected chi connectivity index (χ3v) is 8.66. The molecule has 2 aliphatic rings. The maximum atomic E-state index is 14.2. The van der Waals surface area contributed by atoms with Crippen molar-refractivity contribution in [3.05, 3.63) is 29.8 Å². The summed E-state index contributed by atoms with van der Waals surface area (Å²) in [7, 11) is 2.90. The van der Waals surface area contributed by atoms with Gasteiger partial charge in [-0.15, -0.1) is 0 Å². The third-order valence-electron chi connectivity index (χ3n) is 8.66. The van der Waals surface area contributed by atoms with E-state index in [4.69, 9.17) is 14.2 Å². The van der Waals surface area contributed by atoms with Crippen LogP contribution < -0.4 is 4.90 Å². The lowest BCUT2D eigenvalue weighted by Crippen LogP contribution is -2.52. The highest BCUT2D eigenvalue weighted by Gasteiger charge is 2.42. The predicted molar refractivity (Wildman–Crippen MR) is 177 cm³/mol. The van der Waals surface area contributed by atoms with Crippen LogP contribution in [0.4, 0.5) is 10.5 Å². The summed E-state index contributed by atoms with van der Waals surface area (Å²) in [5.41, 5.74) is 0.759. The van der Waals surface area contributed by atoms with Gasteiger partial charge in [0, 0.05) is 39.3 Å². The van der Waals surface area contributed by atoms with Gasteiger partial charge in [-0.2, -0.15) is 0 Å². The van der Waals surface area contributed by atoms with Gasteiger partial charge in [-0.25, -0.2) is 19.2 Å². The van der Waals surface area contributed by atoms with Gasteiger partial charge in [-0.1, -0.05) is 37.8 Å². The molecule has 1 aromatic rings. The molecular weight excluding hydrogens is 622 g/mol. The fourth-order valence-electron chi connectivity index (χ4n) is 5.35. The normalized spacial score (nSPS) is 16.9. The Morgan fingerprint density at radius 1 is 0.875 bits per heavy atom. The number of aliphatic carboxylic acids is 1. The molecule has 2 N–H and O–H groups in total. The molecule has 4 atom stereocenters. The van der Waals surface area contributed by atoms with Gasteiger partial charge in [-0.3, -0.25) is 9.69 Å². The monoisotopic (exact) mass is 675 g/mol. The number of hydrogen-bond donors (Lipinski definition) is 2. The Morgan fingerprint density at radius 3 is 1.85 bits per heavy atom. The molecule has 13 nitrogen and oxygen atoms in total. The Labute approximate surface area is 283 Å². The quantitative estimate of drug-likeness (QED) is 0.173. The molecule has 0 radical (unpaired) electrons. The number of hydrogen-bond acceptors (Lipinski definition) is 10. The molecule has 0 unspecified atom stereocenters. The van der Waals surface area contributed by atoms with Gasteiger partial charge in [-0.05, 0) is 77.0 Å². The van der Waals surface area contributed by atoms with Crippen molar-refractivity contribution in [1.29, 1.82) is 0 Å². The number of carbonyl (C=O) groups is 5. The maximum absolute atomic E-state index is 14.2. The highest BCUT2D eigenvalue weighted by atomic mass is 16.6.